The number of Topliss-reactive ketones (excluding diaryl/α,β-unsaturated/α-hetero) is 1. The lowest BCUT2D eigenvalue weighted by atomic mass is 9.91. The Hall–Kier alpha value is -2.02. The molecule has 0 saturated carbocycles. The molecule has 2 rings (SSSR count). The van der Waals surface area contributed by atoms with Crippen LogP contribution >= 0.6 is 0 Å². The van der Waals surface area contributed by atoms with Gasteiger partial charge in [-0.2, -0.15) is 5.26 Å². The smallest absolute Gasteiger partial charge is 0.170 e. The van der Waals surface area contributed by atoms with E-state index in [1.165, 1.54) is 0 Å². The van der Waals surface area contributed by atoms with Crippen LogP contribution in [0.5, 0.6) is 11.5 Å². The third kappa shape index (κ3) is 2.70. The lowest BCUT2D eigenvalue weighted by Gasteiger charge is -2.32. The molecule has 0 radical (unpaired) electrons. The van der Waals surface area contributed by atoms with Crippen molar-refractivity contribution < 1.29 is 14.3 Å². The summed E-state index contributed by atoms with van der Waals surface area (Å²) in [6.45, 7) is 3.79. The Kier molecular flexibility index (Phi) is 3.48. The SMILES string of the molecule is COc1cc2c(cc1CCC#N)C(=O)CC(C)(C)O2. The van der Waals surface area contributed by atoms with Crippen LogP contribution in [0.4, 0.5) is 0 Å². The molecule has 1 heterocycles. The Balaban J connectivity index is 2.45. The molecule has 0 amide bonds. The second-order valence-electron chi connectivity index (χ2n) is 5.28. The van der Waals surface area contributed by atoms with Crippen LogP contribution in [0.2, 0.25) is 0 Å². The fourth-order valence-electron chi connectivity index (χ4n) is 2.30. The van der Waals surface area contributed by atoms with Gasteiger partial charge in [0.25, 0.3) is 0 Å². The summed E-state index contributed by atoms with van der Waals surface area (Å²) in [4.78, 5) is 12.1. The van der Waals surface area contributed by atoms with E-state index >= 15 is 0 Å². The monoisotopic (exact) mass is 259 g/mol. The molecule has 0 bridgehead atoms. The number of carbonyl (C=O) groups is 1. The normalized spacial score (nSPS) is 16.2. The molecule has 1 aromatic carbocycles. The average Bonchev–Trinajstić information content (AvgIpc) is 2.34. The largest absolute Gasteiger partial charge is 0.496 e. The van der Waals surface area contributed by atoms with Crippen LogP contribution in [0, 0.1) is 11.3 Å². The van der Waals surface area contributed by atoms with E-state index in [0.717, 1.165) is 5.56 Å². The van der Waals surface area contributed by atoms with Crippen molar-refractivity contribution in [2.24, 2.45) is 0 Å². The molecular weight excluding hydrogens is 242 g/mol. The first-order valence-electron chi connectivity index (χ1n) is 6.27. The molecule has 1 aliphatic rings. The Bertz CT molecular complexity index is 555. The lowest BCUT2D eigenvalue weighted by Crippen LogP contribution is -2.36. The van der Waals surface area contributed by atoms with E-state index in [1.54, 1.807) is 19.2 Å². The molecular formula is C15H17NO3. The molecule has 1 aliphatic heterocycles. The van der Waals surface area contributed by atoms with E-state index < -0.39 is 5.60 Å². The second-order valence-corrected chi connectivity index (χ2v) is 5.28. The molecule has 0 spiro atoms. The number of benzene rings is 1. The van der Waals surface area contributed by atoms with Gasteiger partial charge < -0.3 is 9.47 Å². The van der Waals surface area contributed by atoms with E-state index in [9.17, 15) is 4.79 Å². The summed E-state index contributed by atoms with van der Waals surface area (Å²) in [5.74, 6) is 1.31. The van der Waals surface area contributed by atoms with Crippen molar-refractivity contribution >= 4 is 5.78 Å². The fourth-order valence-corrected chi connectivity index (χ4v) is 2.30. The minimum Gasteiger partial charge on any atom is -0.496 e. The van der Waals surface area contributed by atoms with Crippen LogP contribution in [-0.2, 0) is 6.42 Å². The zero-order chi connectivity index (χ0) is 14.0. The zero-order valence-corrected chi connectivity index (χ0v) is 11.4. The number of nitriles is 1. The van der Waals surface area contributed by atoms with E-state index in [-0.39, 0.29) is 5.78 Å². The van der Waals surface area contributed by atoms with Crippen LogP contribution in [0.3, 0.4) is 0 Å². The molecule has 100 valence electrons. The minimum absolute atomic E-state index is 0.0760. The van der Waals surface area contributed by atoms with E-state index in [0.29, 0.717) is 36.3 Å². The van der Waals surface area contributed by atoms with Gasteiger partial charge >= 0.3 is 0 Å². The Morgan fingerprint density at radius 1 is 1.47 bits per heavy atom. The maximum absolute atomic E-state index is 12.1. The molecule has 19 heavy (non-hydrogen) atoms. The van der Waals surface area contributed by atoms with Crippen LogP contribution < -0.4 is 9.47 Å². The van der Waals surface area contributed by atoms with Gasteiger partial charge in [-0.25, -0.2) is 0 Å². The number of hydrogen-bond acceptors (Lipinski definition) is 4. The van der Waals surface area contributed by atoms with Gasteiger partial charge in [-0.05, 0) is 31.9 Å². The summed E-state index contributed by atoms with van der Waals surface area (Å²) in [5, 5.41) is 8.67. The highest BCUT2D eigenvalue weighted by Crippen LogP contribution is 2.37. The van der Waals surface area contributed by atoms with Gasteiger partial charge in [-0.1, -0.05) is 0 Å². The highest BCUT2D eigenvalue weighted by Gasteiger charge is 2.33. The number of nitrogens with zero attached hydrogens (tertiary/aromatic N) is 1. The molecule has 0 aliphatic carbocycles. The van der Waals surface area contributed by atoms with Gasteiger partial charge in [0.2, 0.25) is 0 Å². The Morgan fingerprint density at radius 2 is 2.21 bits per heavy atom. The van der Waals surface area contributed by atoms with Crippen LogP contribution in [0.1, 0.15) is 42.6 Å². The quantitative estimate of drug-likeness (QED) is 0.837. The molecule has 0 atom stereocenters. The predicted octanol–water partition coefficient (Wildman–Crippen LogP) is 2.90. The maximum atomic E-state index is 12.1. The van der Waals surface area contributed by atoms with Crippen molar-refractivity contribution in [1.29, 1.82) is 5.26 Å². The van der Waals surface area contributed by atoms with Gasteiger partial charge in [0.1, 0.15) is 17.1 Å². The first-order chi connectivity index (χ1) is 8.96. The summed E-state index contributed by atoms with van der Waals surface area (Å²) in [5.41, 5.74) is 0.982. The highest BCUT2D eigenvalue weighted by molar-refractivity contribution is 6.00. The van der Waals surface area contributed by atoms with Crippen LogP contribution in [-0.4, -0.2) is 18.5 Å². The van der Waals surface area contributed by atoms with Gasteiger partial charge in [0, 0.05) is 12.5 Å². The average molecular weight is 259 g/mol. The number of rotatable bonds is 3. The number of methoxy groups -OCH3 is 1. The van der Waals surface area contributed by atoms with Crippen molar-refractivity contribution in [2.75, 3.05) is 7.11 Å². The summed E-state index contributed by atoms with van der Waals surface area (Å²) in [6, 6.07) is 5.65. The first kappa shape index (κ1) is 13.4. The molecule has 4 nitrogen and oxygen atoms in total. The predicted molar refractivity (Wildman–Crippen MR) is 70.6 cm³/mol. The number of aryl methyl sites for hydroxylation is 1. The molecule has 4 heteroatoms. The second kappa shape index (κ2) is 4.93. The van der Waals surface area contributed by atoms with Crippen molar-refractivity contribution in [3.63, 3.8) is 0 Å². The fraction of sp³-hybridized carbons (Fsp3) is 0.467. The van der Waals surface area contributed by atoms with Crippen LogP contribution in [0.25, 0.3) is 0 Å². The topological polar surface area (TPSA) is 59.3 Å². The molecule has 0 unspecified atom stereocenters. The number of carbonyl (C=O) groups excluding carboxylic acids is 1. The molecule has 1 aromatic rings. The summed E-state index contributed by atoms with van der Waals surface area (Å²) in [7, 11) is 1.58. The summed E-state index contributed by atoms with van der Waals surface area (Å²) >= 11 is 0. The van der Waals surface area contributed by atoms with E-state index in [2.05, 4.69) is 6.07 Å². The third-order valence-corrected chi connectivity index (χ3v) is 3.16. The van der Waals surface area contributed by atoms with Crippen molar-refractivity contribution in [2.45, 2.75) is 38.7 Å². The first-order valence-corrected chi connectivity index (χ1v) is 6.27. The third-order valence-electron chi connectivity index (χ3n) is 3.16. The van der Waals surface area contributed by atoms with Crippen molar-refractivity contribution in [3.8, 4) is 17.6 Å². The van der Waals surface area contributed by atoms with Crippen LogP contribution in [0.15, 0.2) is 12.1 Å². The Labute approximate surface area is 112 Å². The number of ketones is 1. The van der Waals surface area contributed by atoms with Crippen molar-refractivity contribution in [1.82, 2.24) is 0 Å². The van der Waals surface area contributed by atoms with Gasteiger partial charge in [0.15, 0.2) is 5.78 Å². The minimum atomic E-state index is -0.483. The van der Waals surface area contributed by atoms with E-state index in [4.69, 9.17) is 14.7 Å². The summed E-state index contributed by atoms with van der Waals surface area (Å²) in [6.07, 6.45) is 1.34. The molecule has 0 saturated heterocycles. The Morgan fingerprint density at radius 3 is 2.84 bits per heavy atom. The zero-order valence-electron chi connectivity index (χ0n) is 11.4. The lowest BCUT2D eigenvalue weighted by molar-refractivity contribution is 0.0618. The highest BCUT2D eigenvalue weighted by atomic mass is 16.5. The summed E-state index contributed by atoms with van der Waals surface area (Å²) < 4.78 is 11.1. The number of ether oxygens (including phenoxy) is 2. The van der Waals surface area contributed by atoms with E-state index in [1.807, 2.05) is 13.8 Å². The molecule has 0 aromatic heterocycles. The number of fused-ring (bicyclic) bond motifs is 1. The van der Waals surface area contributed by atoms with Crippen molar-refractivity contribution in [3.05, 3.63) is 23.3 Å². The standard InChI is InChI=1S/C15H17NO3/c1-15(2)9-12(17)11-7-10(5-4-6-16)13(18-3)8-14(11)19-15/h7-8H,4-5,9H2,1-3H3. The molecule has 0 fully saturated rings. The maximum Gasteiger partial charge on any atom is 0.170 e. The number of hydrogen-bond donors (Lipinski definition) is 0. The van der Waals surface area contributed by atoms with Gasteiger partial charge in [0.05, 0.1) is 25.2 Å². The molecule has 0 N–H and O–H groups in total. The van der Waals surface area contributed by atoms with Gasteiger partial charge in [-0.3, -0.25) is 4.79 Å². The van der Waals surface area contributed by atoms with Gasteiger partial charge in [-0.15, -0.1) is 0 Å².